The van der Waals surface area contributed by atoms with Crippen LogP contribution >= 0.6 is 0 Å². The van der Waals surface area contributed by atoms with Gasteiger partial charge in [0.1, 0.15) is 6.10 Å². The molecule has 1 spiro atoms. The Morgan fingerprint density at radius 1 is 1.24 bits per heavy atom. The fourth-order valence-electron chi connectivity index (χ4n) is 3.34. The highest BCUT2D eigenvalue weighted by Gasteiger charge is 2.43. The van der Waals surface area contributed by atoms with Crippen molar-refractivity contribution in [2.45, 2.75) is 43.8 Å². The van der Waals surface area contributed by atoms with Crippen molar-refractivity contribution in [1.82, 2.24) is 10.6 Å². The lowest BCUT2D eigenvalue weighted by atomic mass is 9.89. The molecule has 4 nitrogen and oxygen atoms in total. The van der Waals surface area contributed by atoms with Crippen LogP contribution in [0.1, 0.15) is 31.2 Å². The summed E-state index contributed by atoms with van der Waals surface area (Å²) < 4.78 is 6.10. The maximum Gasteiger partial charge on any atom is 0.249 e. The summed E-state index contributed by atoms with van der Waals surface area (Å²) in [4.78, 5) is 12.2. The van der Waals surface area contributed by atoms with E-state index in [0.29, 0.717) is 6.54 Å². The molecule has 0 aliphatic carbocycles. The lowest BCUT2D eigenvalue weighted by molar-refractivity contribution is -0.138. The molecule has 0 aromatic heterocycles. The molecule has 1 aromatic rings. The van der Waals surface area contributed by atoms with Crippen molar-refractivity contribution in [1.29, 1.82) is 0 Å². The van der Waals surface area contributed by atoms with Crippen LogP contribution in [0.4, 0.5) is 0 Å². The number of ether oxygens (including phenoxy) is 1. The maximum absolute atomic E-state index is 12.2. The summed E-state index contributed by atoms with van der Waals surface area (Å²) in [5.41, 5.74) is 1.21. The molecule has 2 aliphatic heterocycles. The van der Waals surface area contributed by atoms with Crippen molar-refractivity contribution in [2.24, 2.45) is 0 Å². The zero-order valence-electron chi connectivity index (χ0n) is 12.4. The van der Waals surface area contributed by atoms with Gasteiger partial charge in [-0.2, -0.15) is 0 Å². The first-order valence-corrected chi connectivity index (χ1v) is 7.98. The molecule has 2 aliphatic rings. The smallest absolute Gasteiger partial charge is 0.249 e. The normalized spacial score (nSPS) is 24.1. The third-order valence-corrected chi connectivity index (χ3v) is 4.62. The number of piperidine rings is 1. The Balaban J connectivity index is 1.44. The number of carbonyl (C=O) groups excluding carboxylic acids is 1. The third-order valence-electron chi connectivity index (χ3n) is 4.62. The average Bonchev–Trinajstić information content (AvgIpc) is 2.93. The van der Waals surface area contributed by atoms with E-state index in [4.69, 9.17) is 4.74 Å². The van der Waals surface area contributed by atoms with E-state index in [-0.39, 0.29) is 17.6 Å². The highest BCUT2D eigenvalue weighted by Crippen LogP contribution is 2.37. The van der Waals surface area contributed by atoms with Crippen LogP contribution in [-0.4, -0.2) is 37.2 Å². The first-order chi connectivity index (χ1) is 10.3. The van der Waals surface area contributed by atoms with E-state index in [1.165, 1.54) is 5.56 Å². The van der Waals surface area contributed by atoms with E-state index >= 15 is 0 Å². The van der Waals surface area contributed by atoms with Gasteiger partial charge < -0.3 is 15.4 Å². The zero-order chi connectivity index (χ0) is 14.5. The van der Waals surface area contributed by atoms with Crippen molar-refractivity contribution in [3.8, 4) is 0 Å². The second kappa shape index (κ2) is 6.58. The van der Waals surface area contributed by atoms with Crippen LogP contribution in [0.25, 0.3) is 0 Å². The van der Waals surface area contributed by atoms with Crippen molar-refractivity contribution >= 4 is 5.91 Å². The monoisotopic (exact) mass is 288 g/mol. The Hall–Kier alpha value is -1.39. The minimum absolute atomic E-state index is 0.0350. The highest BCUT2D eigenvalue weighted by atomic mass is 16.5. The van der Waals surface area contributed by atoms with Crippen molar-refractivity contribution in [3.05, 3.63) is 35.9 Å². The molecule has 2 saturated heterocycles. The van der Waals surface area contributed by atoms with E-state index < -0.39 is 0 Å². The van der Waals surface area contributed by atoms with E-state index in [9.17, 15) is 4.79 Å². The standard InChI is InChI=1S/C17H24N2O2/c20-16(19-11-7-14-4-2-1-3-5-14)15-6-8-17(21-15)9-12-18-13-10-17/h1-5,15,18H,6-13H2,(H,19,20)/t15-/m0/s1. The van der Waals surface area contributed by atoms with Gasteiger partial charge in [-0.3, -0.25) is 4.79 Å². The molecule has 2 fully saturated rings. The molecule has 4 heteroatoms. The highest BCUT2D eigenvalue weighted by molar-refractivity contribution is 5.81. The Bertz CT molecular complexity index is 469. The van der Waals surface area contributed by atoms with Gasteiger partial charge in [0.2, 0.25) is 5.91 Å². The van der Waals surface area contributed by atoms with E-state index in [0.717, 1.165) is 45.2 Å². The minimum Gasteiger partial charge on any atom is -0.362 e. The summed E-state index contributed by atoms with van der Waals surface area (Å²) in [5, 5.41) is 6.37. The van der Waals surface area contributed by atoms with E-state index in [2.05, 4.69) is 22.8 Å². The van der Waals surface area contributed by atoms with Gasteiger partial charge >= 0.3 is 0 Å². The molecule has 0 bridgehead atoms. The Morgan fingerprint density at radius 3 is 2.76 bits per heavy atom. The summed E-state index contributed by atoms with van der Waals surface area (Å²) in [7, 11) is 0. The van der Waals surface area contributed by atoms with Crippen molar-refractivity contribution < 1.29 is 9.53 Å². The Labute approximate surface area is 126 Å². The fraction of sp³-hybridized carbons (Fsp3) is 0.588. The number of amides is 1. The van der Waals surface area contributed by atoms with Crippen LogP contribution in [0, 0.1) is 0 Å². The predicted octanol–water partition coefficient (Wildman–Crippen LogP) is 1.65. The van der Waals surface area contributed by atoms with Crippen LogP contribution in [-0.2, 0) is 16.0 Å². The summed E-state index contributed by atoms with van der Waals surface area (Å²) >= 11 is 0. The van der Waals surface area contributed by atoms with Gasteiger partial charge in [-0.1, -0.05) is 30.3 Å². The average molecular weight is 288 g/mol. The van der Waals surface area contributed by atoms with Crippen LogP contribution in [0.2, 0.25) is 0 Å². The molecule has 21 heavy (non-hydrogen) atoms. The first-order valence-electron chi connectivity index (χ1n) is 7.98. The fourth-order valence-corrected chi connectivity index (χ4v) is 3.34. The van der Waals surface area contributed by atoms with Crippen LogP contribution < -0.4 is 10.6 Å². The molecule has 1 aromatic carbocycles. The maximum atomic E-state index is 12.2. The molecule has 1 amide bonds. The van der Waals surface area contributed by atoms with Crippen LogP contribution in [0.5, 0.6) is 0 Å². The predicted molar refractivity (Wildman–Crippen MR) is 82.1 cm³/mol. The summed E-state index contributed by atoms with van der Waals surface area (Å²) in [6, 6.07) is 10.2. The quantitative estimate of drug-likeness (QED) is 0.885. The molecular formula is C17H24N2O2. The Morgan fingerprint density at radius 2 is 2.00 bits per heavy atom. The first kappa shape index (κ1) is 14.5. The van der Waals surface area contributed by atoms with E-state index in [1.807, 2.05) is 18.2 Å². The van der Waals surface area contributed by atoms with Gasteiger partial charge in [-0.15, -0.1) is 0 Å². The van der Waals surface area contributed by atoms with Crippen molar-refractivity contribution in [2.75, 3.05) is 19.6 Å². The second-order valence-corrected chi connectivity index (χ2v) is 6.10. The largest absolute Gasteiger partial charge is 0.362 e. The number of benzene rings is 1. The zero-order valence-corrected chi connectivity index (χ0v) is 12.4. The van der Waals surface area contributed by atoms with E-state index in [1.54, 1.807) is 0 Å². The summed E-state index contributed by atoms with van der Waals surface area (Å²) in [6.45, 7) is 2.68. The Kier molecular flexibility index (Phi) is 4.56. The van der Waals surface area contributed by atoms with Gasteiger partial charge in [0, 0.05) is 6.54 Å². The third kappa shape index (κ3) is 3.63. The number of rotatable bonds is 4. The molecule has 1 atom stereocenters. The molecule has 2 heterocycles. The molecule has 0 radical (unpaired) electrons. The number of hydrogen-bond acceptors (Lipinski definition) is 3. The minimum atomic E-state index is -0.251. The summed E-state index contributed by atoms with van der Waals surface area (Å²) in [5.74, 6) is 0.0568. The van der Waals surface area contributed by atoms with Gasteiger partial charge in [0.25, 0.3) is 0 Å². The molecule has 2 N–H and O–H groups in total. The van der Waals surface area contributed by atoms with Crippen LogP contribution in [0.15, 0.2) is 30.3 Å². The van der Waals surface area contributed by atoms with Crippen LogP contribution in [0.3, 0.4) is 0 Å². The number of nitrogens with one attached hydrogen (secondary N) is 2. The summed E-state index contributed by atoms with van der Waals surface area (Å²) in [6.07, 6.45) is 4.55. The van der Waals surface area contributed by atoms with Gasteiger partial charge in [-0.25, -0.2) is 0 Å². The number of carbonyl (C=O) groups is 1. The van der Waals surface area contributed by atoms with Gasteiger partial charge in [0.15, 0.2) is 0 Å². The van der Waals surface area contributed by atoms with Crippen molar-refractivity contribution in [3.63, 3.8) is 0 Å². The molecular weight excluding hydrogens is 264 g/mol. The second-order valence-electron chi connectivity index (χ2n) is 6.10. The molecule has 0 unspecified atom stereocenters. The molecule has 0 saturated carbocycles. The lowest BCUT2D eigenvalue weighted by Crippen LogP contribution is -2.44. The van der Waals surface area contributed by atoms with Gasteiger partial charge in [-0.05, 0) is 50.8 Å². The lowest BCUT2D eigenvalue weighted by Gasteiger charge is -2.33. The molecule has 3 rings (SSSR count). The SMILES string of the molecule is O=C(NCCc1ccccc1)[C@@H]1CCC2(CCNCC2)O1. The topological polar surface area (TPSA) is 50.4 Å². The van der Waals surface area contributed by atoms with Gasteiger partial charge in [0.05, 0.1) is 5.60 Å². The molecule has 114 valence electrons. The number of hydrogen-bond donors (Lipinski definition) is 2.